The zero-order valence-electron chi connectivity index (χ0n) is 15.3. The molecule has 0 bridgehead atoms. The number of nitrogens with zero attached hydrogens (tertiary/aromatic N) is 2. The van der Waals surface area contributed by atoms with Crippen LogP contribution in [0, 0.1) is 5.92 Å². The van der Waals surface area contributed by atoms with Crippen LogP contribution in [-0.4, -0.2) is 57.7 Å². The fraction of sp³-hybridized carbons (Fsp3) is 0.933. The van der Waals surface area contributed by atoms with Gasteiger partial charge >= 0.3 is 0 Å². The minimum Gasteiger partial charge on any atom is -0.357 e. The van der Waals surface area contributed by atoms with Gasteiger partial charge in [0.2, 0.25) is 10.0 Å². The van der Waals surface area contributed by atoms with E-state index < -0.39 is 10.0 Å². The number of hydrogen-bond acceptors (Lipinski definition) is 3. The maximum Gasteiger partial charge on any atom is 0.213 e. The molecule has 0 atom stereocenters. The first-order chi connectivity index (χ1) is 10.4. The Balaban J connectivity index is 0. The van der Waals surface area contributed by atoms with E-state index in [0.29, 0.717) is 19.0 Å². The van der Waals surface area contributed by atoms with E-state index in [9.17, 15) is 8.42 Å². The van der Waals surface area contributed by atoms with Crippen molar-refractivity contribution in [3.63, 3.8) is 0 Å². The monoisotopic (exact) mass is 462 g/mol. The van der Waals surface area contributed by atoms with E-state index in [2.05, 4.69) is 29.5 Å². The molecule has 0 rings (SSSR count). The second-order valence-corrected chi connectivity index (χ2v) is 7.77. The van der Waals surface area contributed by atoms with Crippen molar-refractivity contribution in [2.75, 3.05) is 39.0 Å². The second-order valence-electron chi connectivity index (χ2n) is 5.40. The van der Waals surface area contributed by atoms with Gasteiger partial charge in [-0.25, -0.2) is 12.7 Å². The van der Waals surface area contributed by atoms with E-state index in [0.717, 1.165) is 38.3 Å². The van der Waals surface area contributed by atoms with Crippen LogP contribution < -0.4 is 10.6 Å². The summed E-state index contributed by atoms with van der Waals surface area (Å²) < 4.78 is 24.7. The Morgan fingerprint density at radius 3 is 2.22 bits per heavy atom. The average Bonchev–Trinajstić information content (AvgIpc) is 2.51. The summed E-state index contributed by atoms with van der Waals surface area (Å²) in [5, 5.41) is 6.49. The number of nitrogens with one attached hydrogen (secondary N) is 2. The molecule has 2 N–H and O–H groups in total. The second kappa shape index (κ2) is 14.3. The van der Waals surface area contributed by atoms with Gasteiger partial charge in [-0.2, -0.15) is 0 Å². The summed E-state index contributed by atoms with van der Waals surface area (Å²) in [5.74, 6) is 1.59. The molecule has 0 heterocycles. The molecule has 6 nitrogen and oxygen atoms in total. The van der Waals surface area contributed by atoms with Crippen LogP contribution in [0.25, 0.3) is 0 Å². The highest BCUT2D eigenvalue weighted by Crippen LogP contribution is 2.07. The molecule has 0 saturated heterocycles. The van der Waals surface area contributed by atoms with Crippen LogP contribution in [0.4, 0.5) is 0 Å². The van der Waals surface area contributed by atoms with Gasteiger partial charge in [0, 0.05) is 33.2 Å². The summed E-state index contributed by atoms with van der Waals surface area (Å²) in [6.45, 7) is 11.0. The summed E-state index contributed by atoms with van der Waals surface area (Å²) in [4.78, 5) is 4.60. The topological polar surface area (TPSA) is 73.8 Å². The quantitative estimate of drug-likeness (QED) is 0.214. The molecule has 0 aliphatic heterocycles. The Bertz CT molecular complexity index is 412. The molecule has 0 unspecified atom stereocenters. The van der Waals surface area contributed by atoms with Gasteiger partial charge in [0.25, 0.3) is 0 Å². The van der Waals surface area contributed by atoms with Crippen LogP contribution >= 0.6 is 24.0 Å². The fourth-order valence-corrected chi connectivity index (χ4v) is 2.83. The van der Waals surface area contributed by atoms with Gasteiger partial charge in [0.05, 0.1) is 5.75 Å². The van der Waals surface area contributed by atoms with Gasteiger partial charge in [-0.15, -0.1) is 24.0 Å². The van der Waals surface area contributed by atoms with Gasteiger partial charge in [-0.3, -0.25) is 4.99 Å². The zero-order valence-corrected chi connectivity index (χ0v) is 18.4. The number of aliphatic imine (C=N–C) groups is 1. The number of guanidine groups is 1. The predicted octanol–water partition coefficient (Wildman–Crippen LogP) is 2.27. The molecular formula is C15H35IN4O2S. The predicted molar refractivity (Wildman–Crippen MR) is 110 cm³/mol. The van der Waals surface area contributed by atoms with E-state index in [1.807, 2.05) is 6.92 Å². The lowest BCUT2D eigenvalue weighted by Crippen LogP contribution is -2.39. The molecule has 0 aliphatic carbocycles. The Morgan fingerprint density at radius 2 is 1.74 bits per heavy atom. The summed E-state index contributed by atoms with van der Waals surface area (Å²) in [5.41, 5.74) is 0. The first-order valence-corrected chi connectivity index (χ1v) is 9.98. The van der Waals surface area contributed by atoms with Crippen LogP contribution in [0.5, 0.6) is 0 Å². The number of hydrogen-bond donors (Lipinski definition) is 2. The van der Waals surface area contributed by atoms with E-state index in [4.69, 9.17) is 0 Å². The smallest absolute Gasteiger partial charge is 0.213 e. The Kier molecular flexibility index (Phi) is 15.6. The lowest BCUT2D eigenvalue weighted by atomic mass is 10.0. The third-order valence-electron chi connectivity index (χ3n) is 3.79. The maximum absolute atomic E-state index is 11.6. The SMILES string of the molecule is CCNC(=NCC(CC)CC)NCCCN(C)S(=O)(=O)CC.I. The third kappa shape index (κ3) is 11.1. The van der Waals surface area contributed by atoms with Crippen molar-refractivity contribution in [2.24, 2.45) is 10.9 Å². The molecular weight excluding hydrogens is 427 g/mol. The van der Waals surface area contributed by atoms with Gasteiger partial charge in [0.1, 0.15) is 0 Å². The highest BCUT2D eigenvalue weighted by Gasteiger charge is 2.13. The lowest BCUT2D eigenvalue weighted by Gasteiger charge is -2.17. The largest absolute Gasteiger partial charge is 0.357 e. The maximum atomic E-state index is 11.6. The van der Waals surface area contributed by atoms with Gasteiger partial charge < -0.3 is 10.6 Å². The fourth-order valence-electron chi connectivity index (χ4n) is 1.98. The first-order valence-electron chi connectivity index (χ1n) is 8.37. The summed E-state index contributed by atoms with van der Waals surface area (Å²) >= 11 is 0. The van der Waals surface area contributed by atoms with Crippen molar-refractivity contribution < 1.29 is 8.42 Å². The van der Waals surface area contributed by atoms with E-state index >= 15 is 0 Å². The number of halogens is 1. The lowest BCUT2D eigenvalue weighted by molar-refractivity contribution is 0.461. The van der Waals surface area contributed by atoms with Crippen molar-refractivity contribution in [3.8, 4) is 0 Å². The van der Waals surface area contributed by atoms with E-state index in [1.54, 1.807) is 14.0 Å². The molecule has 23 heavy (non-hydrogen) atoms. The molecule has 8 heteroatoms. The van der Waals surface area contributed by atoms with Crippen LogP contribution in [0.1, 0.15) is 47.0 Å². The van der Waals surface area contributed by atoms with E-state index in [-0.39, 0.29) is 29.7 Å². The minimum absolute atomic E-state index is 0. The molecule has 0 aromatic carbocycles. The normalized spacial score (nSPS) is 12.4. The Morgan fingerprint density at radius 1 is 1.13 bits per heavy atom. The van der Waals surface area contributed by atoms with Crippen LogP contribution in [0.15, 0.2) is 4.99 Å². The molecule has 0 saturated carbocycles. The molecule has 140 valence electrons. The molecule has 0 aromatic rings. The van der Waals surface area contributed by atoms with E-state index in [1.165, 1.54) is 4.31 Å². The highest BCUT2D eigenvalue weighted by atomic mass is 127. The third-order valence-corrected chi connectivity index (χ3v) is 5.65. The average molecular weight is 462 g/mol. The van der Waals surface area contributed by atoms with Crippen molar-refractivity contribution in [3.05, 3.63) is 0 Å². The van der Waals surface area contributed by atoms with Crippen molar-refractivity contribution in [1.29, 1.82) is 0 Å². The van der Waals surface area contributed by atoms with Gasteiger partial charge in [-0.1, -0.05) is 26.7 Å². The van der Waals surface area contributed by atoms with Crippen molar-refractivity contribution in [2.45, 2.75) is 47.0 Å². The summed E-state index contributed by atoms with van der Waals surface area (Å²) in [7, 11) is -1.45. The highest BCUT2D eigenvalue weighted by molar-refractivity contribution is 14.0. The molecule has 0 fully saturated rings. The Hall–Kier alpha value is -0.0900. The molecule has 0 amide bonds. The van der Waals surface area contributed by atoms with Crippen molar-refractivity contribution >= 4 is 40.0 Å². The standard InChI is InChI=1S/C15H34N4O2S.HI/c1-6-14(7-2)13-18-15(16-8-3)17-11-10-12-19(5)22(20,21)9-4;/h14H,6-13H2,1-5H3,(H2,16,17,18);1H. The molecule has 0 aliphatic rings. The molecule has 0 radical (unpaired) electrons. The summed E-state index contributed by atoms with van der Waals surface area (Å²) in [6, 6.07) is 0. The first kappa shape index (κ1) is 25.2. The van der Waals surface area contributed by atoms with Gasteiger partial charge in [-0.05, 0) is 26.2 Å². The molecule has 0 aromatic heterocycles. The van der Waals surface area contributed by atoms with Crippen LogP contribution in [-0.2, 0) is 10.0 Å². The number of sulfonamides is 1. The number of rotatable bonds is 11. The Labute approximate surface area is 160 Å². The minimum atomic E-state index is -3.08. The van der Waals surface area contributed by atoms with Crippen LogP contribution in [0.2, 0.25) is 0 Å². The van der Waals surface area contributed by atoms with Crippen molar-refractivity contribution in [1.82, 2.24) is 14.9 Å². The summed E-state index contributed by atoms with van der Waals surface area (Å²) in [6.07, 6.45) is 3.03. The van der Waals surface area contributed by atoms with Gasteiger partial charge in [0.15, 0.2) is 5.96 Å². The zero-order chi connectivity index (χ0) is 17.0. The molecule has 0 spiro atoms. The van der Waals surface area contributed by atoms with Crippen LogP contribution in [0.3, 0.4) is 0 Å².